The van der Waals surface area contributed by atoms with Crippen LogP contribution in [0.1, 0.15) is 32.6 Å². The van der Waals surface area contributed by atoms with Crippen molar-refractivity contribution in [1.29, 1.82) is 0 Å². The molecule has 0 unspecified atom stereocenters. The van der Waals surface area contributed by atoms with E-state index in [-0.39, 0.29) is 53.1 Å². The van der Waals surface area contributed by atoms with Crippen LogP contribution < -0.4 is 0 Å². The summed E-state index contributed by atoms with van der Waals surface area (Å²) < 4.78 is 45.7. The van der Waals surface area contributed by atoms with Crippen LogP contribution in [-0.2, 0) is 33.2 Å². The first-order valence-corrected chi connectivity index (χ1v) is 13.6. The highest BCUT2D eigenvalue weighted by atomic mass is 16.7. The van der Waals surface area contributed by atoms with Crippen LogP contribution in [0.3, 0.4) is 0 Å². The van der Waals surface area contributed by atoms with Crippen molar-refractivity contribution >= 4 is 0 Å². The fourth-order valence-corrected chi connectivity index (χ4v) is 12.0. The summed E-state index contributed by atoms with van der Waals surface area (Å²) in [6, 6.07) is 0.167. The highest BCUT2D eigenvalue weighted by Crippen LogP contribution is 2.82. The lowest BCUT2D eigenvalue weighted by molar-refractivity contribution is -0.287. The molecule has 7 bridgehead atoms. The molecule has 7 aliphatic rings. The summed E-state index contributed by atoms with van der Waals surface area (Å²) in [5, 5.41) is 0. The maximum Gasteiger partial charge on any atom is 0.148 e. The number of likely N-dealkylation sites (N-methyl/N-ethyl adjacent to an activating group) is 1. The van der Waals surface area contributed by atoms with E-state index in [9.17, 15) is 0 Å². The molecule has 8 heteroatoms. The van der Waals surface area contributed by atoms with Crippen molar-refractivity contribution in [2.75, 3.05) is 62.0 Å². The van der Waals surface area contributed by atoms with Gasteiger partial charge in [0.05, 0.1) is 37.1 Å². The van der Waals surface area contributed by atoms with Gasteiger partial charge >= 0.3 is 0 Å². The second kappa shape index (κ2) is 7.63. The molecule has 2 heterocycles. The van der Waals surface area contributed by atoms with Crippen LogP contribution >= 0.6 is 0 Å². The lowest BCUT2D eigenvalue weighted by atomic mass is 9.42. The largest absolute Gasteiger partial charge is 0.384 e. The predicted molar refractivity (Wildman–Crippen MR) is 126 cm³/mol. The van der Waals surface area contributed by atoms with Crippen LogP contribution in [0.4, 0.5) is 0 Å². The zero-order valence-electron chi connectivity index (χ0n) is 22.2. The fraction of sp³-hybridized carbons (Fsp3) is 1.00. The molecule has 5 aliphatic carbocycles. The molecule has 8 nitrogen and oxygen atoms in total. The molecule has 0 aromatic rings. The Morgan fingerprint density at radius 3 is 2.49 bits per heavy atom. The molecule has 2 saturated heterocycles. The van der Waals surface area contributed by atoms with Gasteiger partial charge in [-0.3, -0.25) is 4.90 Å². The van der Waals surface area contributed by atoms with E-state index in [1.165, 1.54) is 0 Å². The highest BCUT2D eigenvalue weighted by Gasteiger charge is 2.93. The van der Waals surface area contributed by atoms with Crippen LogP contribution in [0.5, 0.6) is 0 Å². The Morgan fingerprint density at radius 2 is 1.83 bits per heavy atom. The topological polar surface area (TPSA) is 67.9 Å². The van der Waals surface area contributed by atoms with E-state index in [4.69, 9.17) is 33.2 Å². The Balaban J connectivity index is 1.56. The van der Waals surface area contributed by atoms with Crippen molar-refractivity contribution in [1.82, 2.24) is 4.90 Å². The molecule has 7 fully saturated rings. The fourth-order valence-electron chi connectivity index (χ4n) is 12.0. The number of methoxy groups -OCH3 is 5. The van der Waals surface area contributed by atoms with Crippen LogP contribution in [0, 0.1) is 34.5 Å². The predicted octanol–water partition coefficient (Wildman–Crippen LogP) is 1.94. The number of rotatable bonds is 7. The molecule has 198 valence electrons. The van der Waals surface area contributed by atoms with Gasteiger partial charge < -0.3 is 33.2 Å². The van der Waals surface area contributed by atoms with E-state index in [0.29, 0.717) is 18.6 Å². The van der Waals surface area contributed by atoms with E-state index >= 15 is 0 Å². The molecule has 13 atom stereocenters. The van der Waals surface area contributed by atoms with Crippen LogP contribution in [0.2, 0.25) is 0 Å². The highest BCUT2D eigenvalue weighted by molar-refractivity contribution is 5.43. The summed E-state index contributed by atoms with van der Waals surface area (Å²) in [4.78, 5) is 2.71. The minimum atomic E-state index is -0.594. The van der Waals surface area contributed by atoms with Gasteiger partial charge in [0, 0.05) is 77.1 Å². The van der Waals surface area contributed by atoms with Crippen LogP contribution in [0.25, 0.3) is 0 Å². The molecule has 0 aromatic carbocycles. The Bertz CT molecular complexity index is 874. The zero-order chi connectivity index (χ0) is 24.4. The number of hydrogen-bond donors (Lipinski definition) is 0. The summed E-state index contributed by atoms with van der Waals surface area (Å²) in [6.45, 7) is 5.29. The maximum atomic E-state index is 7.02. The monoisotopic (exact) mass is 493 g/mol. The van der Waals surface area contributed by atoms with Gasteiger partial charge in [-0.2, -0.15) is 0 Å². The van der Waals surface area contributed by atoms with Crippen molar-refractivity contribution in [2.45, 2.75) is 74.3 Å². The number of likely N-dealkylation sites (tertiary alicyclic amines) is 1. The maximum absolute atomic E-state index is 7.02. The molecule has 7 rings (SSSR count). The molecule has 0 radical (unpaired) electrons. The van der Waals surface area contributed by atoms with E-state index < -0.39 is 11.2 Å². The number of ether oxygens (including phenoxy) is 7. The lowest BCUT2D eigenvalue weighted by Crippen LogP contribution is -2.81. The van der Waals surface area contributed by atoms with Gasteiger partial charge in [-0.25, -0.2) is 0 Å². The smallest absolute Gasteiger partial charge is 0.148 e. The van der Waals surface area contributed by atoms with Crippen molar-refractivity contribution in [3.63, 3.8) is 0 Å². The Labute approximate surface area is 209 Å². The summed E-state index contributed by atoms with van der Waals surface area (Å²) in [5.74, 6) is 1.25. The summed E-state index contributed by atoms with van der Waals surface area (Å²) in [6.07, 6.45) is 4.23. The first-order valence-electron chi connectivity index (χ1n) is 13.6. The molecular formula is C27H43NO7. The Kier molecular flexibility index (Phi) is 5.18. The molecule has 5 saturated carbocycles. The first kappa shape index (κ1) is 23.8. The normalized spacial score (nSPS) is 59.7. The second-order valence-corrected chi connectivity index (χ2v) is 12.5. The number of fused-ring (bicyclic) bond motifs is 1. The van der Waals surface area contributed by atoms with Gasteiger partial charge in [0.1, 0.15) is 18.0 Å². The van der Waals surface area contributed by atoms with Crippen molar-refractivity contribution in [2.24, 2.45) is 34.5 Å². The van der Waals surface area contributed by atoms with E-state index in [1.54, 1.807) is 0 Å². The van der Waals surface area contributed by atoms with E-state index in [2.05, 4.69) is 11.8 Å². The van der Waals surface area contributed by atoms with Crippen molar-refractivity contribution in [3.8, 4) is 0 Å². The Hall–Kier alpha value is -0.320. The van der Waals surface area contributed by atoms with E-state index in [1.807, 2.05) is 35.5 Å². The van der Waals surface area contributed by atoms with Gasteiger partial charge in [0.25, 0.3) is 0 Å². The third-order valence-corrected chi connectivity index (χ3v) is 12.3. The van der Waals surface area contributed by atoms with Crippen molar-refractivity contribution < 1.29 is 33.2 Å². The number of hydrogen-bond acceptors (Lipinski definition) is 8. The minimum absolute atomic E-state index is 0.00639. The van der Waals surface area contributed by atoms with Gasteiger partial charge in [0.15, 0.2) is 0 Å². The van der Waals surface area contributed by atoms with E-state index in [0.717, 1.165) is 45.4 Å². The summed E-state index contributed by atoms with van der Waals surface area (Å²) >= 11 is 0. The Morgan fingerprint density at radius 1 is 1.00 bits per heavy atom. The minimum Gasteiger partial charge on any atom is -0.384 e. The molecule has 3 spiro atoms. The third-order valence-electron chi connectivity index (χ3n) is 12.3. The van der Waals surface area contributed by atoms with Crippen LogP contribution in [-0.4, -0.2) is 109 Å². The van der Waals surface area contributed by atoms with Crippen LogP contribution in [0.15, 0.2) is 0 Å². The molecule has 0 N–H and O–H groups in total. The quantitative estimate of drug-likeness (QED) is 0.533. The average molecular weight is 494 g/mol. The standard InChI is InChI=1S/C27H43NO7/c1-7-28-12-24(13-29-2)9-8-18(31-4)26-16-10-15-17(30-3)11-25(19(16)20(15)32-5)27(23(26)28,35-14-34-25)22(33-6)21(24)26/h15-23H,7-14H2,1-6H3/t15-,16-,17-,18+,19-,20+,21-,22+,23-,24+,25-,26+,27-/m1/s1. The van der Waals surface area contributed by atoms with Gasteiger partial charge in [-0.15, -0.1) is 0 Å². The summed E-state index contributed by atoms with van der Waals surface area (Å²) in [7, 11) is 9.39. The summed E-state index contributed by atoms with van der Waals surface area (Å²) in [5.41, 5.74) is -1.22. The van der Waals surface area contributed by atoms with Gasteiger partial charge in [-0.1, -0.05) is 6.92 Å². The molecule has 0 aromatic heterocycles. The lowest BCUT2D eigenvalue weighted by Gasteiger charge is -2.70. The first-order chi connectivity index (χ1) is 17.0. The zero-order valence-corrected chi connectivity index (χ0v) is 22.2. The van der Waals surface area contributed by atoms with Crippen molar-refractivity contribution in [3.05, 3.63) is 0 Å². The number of piperidine rings is 1. The molecule has 0 amide bonds. The average Bonchev–Trinajstić information content (AvgIpc) is 3.45. The third kappa shape index (κ3) is 2.25. The number of nitrogens with zero attached hydrogens (tertiary/aromatic N) is 1. The molecular weight excluding hydrogens is 450 g/mol. The molecule has 35 heavy (non-hydrogen) atoms. The second-order valence-electron chi connectivity index (χ2n) is 12.5. The SMILES string of the molecule is CCN1C[C@]2(COC)CC[C@H](OC)[C@]34[C@@H]5C[C@H]6[C@H](OC)[C@@H]5[C@@]5(C[C@H]6OC)OCO[C@@]5([C@H]13)[C@@H](OC)[C@H]24. The van der Waals surface area contributed by atoms with Gasteiger partial charge in [0.2, 0.25) is 0 Å². The molecule has 2 aliphatic heterocycles. The van der Waals surface area contributed by atoms with Gasteiger partial charge in [-0.05, 0) is 31.7 Å².